The Hall–Kier alpha value is -2.18. The number of nitrogens with one attached hydrogen (secondary N) is 1. The summed E-state index contributed by atoms with van der Waals surface area (Å²) in [5.41, 5.74) is 1.37. The lowest BCUT2D eigenvalue weighted by atomic mass is 10.2. The molecule has 0 spiro atoms. The van der Waals surface area contributed by atoms with Crippen LogP contribution in [0.2, 0.25) is 0 Å². The first-order valence-electron chi connectivity index (χ1n) is 8.28. The largest absolute Gasteiger partial charge is 0.378 e. The predicted molar refractivity (Wildman–Crippen MR) is 87.4 cm³/mol. The summed E-state index contributed by atoms with van der Waals surface area (Å²) in [4.78, 5) is 12.0. The van der Waals surface area contributed by atoms with Gasteiger partial charge in [0.1, 0.15) is 6.61 Å². The van der Waals surface area contributed by atoms with Gasteiger partial charge in [0.05, 0.1) is 12.7 Å². The van der Waals surface area contributed by atoms with Crippen LogP contribution in [0.15, 0.2) is 40.9 Å². The van der Waals surface area contributed by atoms with E-state index in [2.05, 4.69) is 10.5 Å². The van der Waals surface area contributed by atoms with E-state index in [1.807, 2.05) is 30.3 Å². The zero-order valence-corrected chi connectivity index (χ0v) is 13.6. The quantitative estimate of drug-likeness (QED) is 0.805. The average Bonchev–Trinajstić information content (AvgIpc) is 3.28. The van der Waals surface area contributed by atoms with Gasteiger partial charge in [-0.15, -0.1) is 0 Å². The second-order valence-electron chi connectivity index (χ2n) is 5.84. The average molecular weight is 330 g/mol. The number of nitrogens with zero attached hydrogens (tertiary/aromatic N) is 1. The summed E-state index contributed by atoms with van der Waals surface area (Å²) >= 11 is 0. The van der Waals surface area contributed by atoms with E-state index < -0.39 is 0 Å². The molecule has 1 N–H and O–H groups in total. The molecule has 1 atom stereocenters. The molecule has 1 aliphatic heterocycles. The lowest BCUT2D eigenvalue weighted by Gasteiger charge is -2.08. The van der Waals surface area contributed by atoms with E-state index >= 15 is 0 Å². The molecule has 1 fully saturated rings. The summed E-state index contributed by atoms with van der Waals surface area (Å²) in [5, 5.41) is 6.63. The molecule has 0 aliphatic carbocycles. The number of benzene rings is 1. The molecule has 1 aliphatic rings. The van der Waals surface area contributed by atoms with Gasteiger partial charge in [0.15, 0.2) is 11.5 Å². The Bertz CT molecular complexity index is 635. The van der Waals surface area contributed by atoms with Crippen LogP contribution < -0.4 is 5.32 Å². The zero-order valence-electron chi connectivity index (χ0n) is 13.6. The first-order chi connectivity index (χ1) is 11.8. The number of carbonyl (C=O) groups is 1. The molecule has 128 valence electrons. The van der Waals surface area contributed by atoms with Crippen LogP contribution >= 0.6 is 0 Å². The standard InChI is InChI=1S/C18H22N2O4/c21-18(19-9-8-15-7-4-10-23-15)17-11-16(24-20-17)13-22-12-14-5-2-1-3-6-14/h1-3,5-6,11,15H,4,7-10,12-13H2,(H,19,21). The van der Waals surface area contributed by atoms with Gasteiger partial charge in [-0.1, -0.05) is 35.5 Å². The number of amides is 1. The van der Waals surface area contributed by atoms with Gasteiger partial charge in [-0.05, 0) is 24.8 Å². The highest BCUT2D eigenvalue weighted by molar-refractivity contribution is 5.92. The van der Waals surface area contributed by atoms with Gasteiger partial charge >= 0.3 is 0 Å². The van der Waals surface area contributed by atoms with Crippen LogP contribution in [-0.4, -0.2) is 30.3 Å². The van der Waals surface area contributed by atoms with Crippen LogP contribution in [0, 0.1) is 0 Å². The summed E-state index contributed by atoms with van der Waals surface area (Å²) in [7, 11) is 0. The highest BCUT2D eigenvalue weighted by atomic mass is 16.5. The molecule has 0 bridgehead atoms. The monoisotopic (exact) mass is 330 g/mol. The van der Waals surface area contributed by atoms with Gasteiger partial charge in [0.2, 0.25) is 0 Å². The van der Waals surface area contributed by atoms with Crippen molar-refractivity contribution < 1.29 is 18.8 Å². The lowest BCUT2D eigenvalue weighted by molar-refractivity contribution is 0.0871. The number of rotatable bonds is 8. The van der Waals surface area contributed by atoms with E-state index in [4.69, 9.17) is 14.0 Å². The Morgan fingerprint density at radius 3 is 2.96 bits per heavy atom. The van der Waals surface area contributed by atoms with Crippen molar-refractivity contribution in [1.82, 2.24) is 10.5 Å². The SMILES string of the molecule is O=C(NCCC1CCCO1)c1cc(COCc2ccccc2)on1. The maximum absolute atomic E-state index is 12.0. The van der Waals surface area contributed by atoms with Crippen molar-refractivity contribution in [3.8, 4) is 0 Å². The summed E-state index contributed by atoms with van der Waals surface area (Å²) in [6.07, 6.45) is 3.28. The molecule has 0 radical (unpaired) electrons. The summed E-state index contributed by atoms with van der Waals surface area (Å²) < 4.78 is 16.2. The third-order valence-electron chi connectivity index (χ3n) is 3.92. The molecule has 2 heterocycles. The van der Waals surface area contributed by atoms with Crippen LogP contribution in [0.25, 0.3) is 0 Å². The van der Waals surface area contributed by atoms with E-state index in [1.165, 1.54) is 0 Å². The highest BCUT2D eigenvalue weighted by Crippen LogP contribution is 2.14. The molecule has 1 aromatic carbocycles. The predicted octanol–water partition coefficient (Wildman–Crippen LogP) is 2.69. The molecule has 1 unspecified atom stereocenters. The lowest BCUT2D eigenvalue weighted by Crippen LogP contribution is -2.27. The molecular formula is C18H22N2O4. The Balaban J connectivity index is 1.38. The minimum absolute atomic E-state index is 0.231. The van der Waals surface area contributed by atoms with Gasteiger partial charge < -0.3 is 19.3 Å². The van der Waals surface area contributed by atoms with Crippen molar-refractivity contribution in [3.63, 3.8) is 0 Å². The van der Waals surface area contributed by atoms with E-state index in [-0.39, 0.29) is 24.3 Å². The molecule has 1 amide bonds. The van der Waals surface area contributed by atoms with Crippen molar-refractivity contribution >= 4 is 5.91 Å². The summed E-state index contributed by atoms with van der Waals surface area (Å²) in [6, 6.07) is 11.5. The fourth-order valence-electron chi connectivity index (χ4n) is 2.64. The van der Waals surface area contributed by atoms with Crippen molar-refractivity contribution in [2.24, 2.45) is 0 Å². The van der Waals surface area contributed by atoms with Crippen LogP contribution in [-0.2, 0) is 22.7 Å². The van der Waals surface area contributed by atoms with Gasteiger partial charge in [-0.2, -0.15) is 0 Å². The number of ether oxygens (including phenoxy) is 2. The van der Waals surface area contributed by atoms with Gasteiger partial charge in [0, 0.05) is 19.2 Å². The zero-order chi connectivity index (χ0) is 16.6. The smallest absolute Gasteiger partial charge is 0.273 e. The van der Waals surface area contributed by atoms with Gasteiger partial charge in [-0.25, -0.2) is 0 Å². The summed E-state index contributed by atoms with van der Waals surface area (Å²) in [5.74, 6) is 0.307. The van der Waals surface area contributed by atoms with Crippen LogP contribution in [0.1, 0.15) is 41.1 Å². The van der Waals surface area contributed by atoms with Crippen LogP contribution in [0.5, 0.6) is 0 Å². The number of hydrogen-bond acceptors (Lipinski definition) is 5. The minimum Gasteiger partial charge on any atom is -0.378 e. The molecule has 6 nitrogen and oxygen atoms in total. The Morgan fingerprint density at radius 2 is 2.17 bits per heavy atom. The fraction of sp³-hybridized carbons (Fsp3) is 0.444. The number of carbonyl (C=O) groups excluding carboxylic acids is 1. The number of hydrogen-bond donors (Lipinski definition) is 1. The Labute approximate surface area is 141 Å². The van der Waals surface area contributed by atoms with Gasteiger partial charge in [-0.3, -0.25) is 4.79 Å². The summed E-state index contributed by atoms with van der Waals surface area (Å²) in [6.45, 7) is 2.18. The fourth-order valence-corrected chi connectivity index (χ4v) is 2.64. The molecule has 3 rings (SSSR count). The molecule has 0 saturated carbocycles. The van der Waals surface area contributed by atoms with Crippen molar-refractivity contribution in [2.75, 3.05) is 13.2 Å². The van der Waals surface area contributed by atoms with Gasteiger partial charge in [0.25, 0.3) is 5.91 Å². The molecule has 24 heavy (non-hydrogen) atoms. The molecule has 1 saturated heterocycles. The maximum atomic E-state index is 12.0. The molecule has 2 aromatic rings. The maximum Gasteiger partial charge on any atom is 0.273 e. The van der Waals surface area contributed by atoms with E-state index in [1.54, 1.807) is 6.07 Å². The molecular weight excluding hydrogens is 308 g/mol. The molecule has 6 heteroatoms. The van der Waals surface area contributed by atoms with Crippen molar-refractivity contribution in [1.29, 1.82) is 0 Å². The van der Waals surface area contributed by atoms with Crippen molar-refractivity contribution in [3.05, 3.63) is 53.4 Å². The minimum atomic E-state index is -0.231. The number of aromatic nitrogens is 1. The Kier molecular flexibility index (Phi) is 5.98. The third kappa shape index (κ3) is 4.91. The van der Waals surface area contributed by atoms with Crippen molar-refractivity contribution in [2.45, 2.75) is 38.6 Å². The van der Waals surface area contributed by atoms with Crippen LogP contribution in [0.4, 0.5) is 0 Å². The third-order valence-corrected chi connectivity index (χ3v) is 3.92. The van der Waals surface area contributed by atoms with Crippen LogP contribution in [0.3, 0.4) is 0 Å². The Morgan fingerprint density at radius 1 is 1.29 bits per heavy atom. The normalized spacial score (nSPS) is 17.1. The topological polar surface area (TPSA) is 73.6 Å². The van der Waals surface area contributed by atoms with E-state index in [0.29, 0.717) is 18.9 Å². The first kappa shape index (κ1) is 16.7. The van der Waals surface area contributed by atoms with E-state index in [0.717, 1.165) is 31.4 Å². The second-order valence-corrected chi connectivity index (χ2v) is 5.84. The second kappa shape index (κ2) is 8.61. The van der Waals surface area contributed by atoms with E-state index in [9.17, 15) is 4.79 Å². The highest BCUT2D eigenvalue weighted by Gasteiger charge is 2.16. The first-order valence-corrected chi connectivity index (χ1v) is 8.28. The molecule has 1 aromatic heterocycles.